The summed E-state index contributed by atoms with van der Waals surface area (Å²) in [5, 5.41) is 0. The van der Waals surface area contributed by atoms with E-state index in [-0.39, 0.29) is 0 Å². The van der Waals surface area contributed by atoms with Crippen LogP contribution in [0, 0.1) is 5.92 Å². The van der Waals surface area contributed by atoms with E-state index in [2.05, 4.69) is 29.2 Å². The van der Waals surface area contributed by atoms with Gasteiger partial charge in [-0.05, 0) is 42.9 Å². The van der Waals surface area contributed by atoms with Gasteiger partial charge in [-0.2, -0.15) is 0 Å². The highest BCUT2D eigenvalue weighted by atomic mass is 15.2. The molecule has 1 aliphatic heterocycles. The second-order valence-corrected chi connectivity index (χ2v) is 5.89. The Bertz CT molecular complexity index is 385. The first kappa shape index (κ1) is 12.2. The lowest BCUT2D eigenvalue weighted by Gasteiger charge is -2.31. The summed E-state index contributed by atoms with van der Waals surface area (Å²) in [7, 11) is 0. The monoisotopic (exact) mass is 244 g/mol. The number of hydrogen-bond donors (Lipinski definition) is 1. The highest BCUT2D eigenvalue weighted by Crippen LogP contribution is 2.36. The molecule has 2 nitrogen and oxygen atoms in total. The molecule has 2 fully saturated rings. The molecule has 3 rings (SSSR count). The number of nitrogens with zero attached hydrogens (tertiary/aromatic N) is 1. The fraction of sp³-hybridized carbons (Fsp3) is 0.625. The third kappa shape index (κ3) is 2.45. The Morgan fingerprint density at radius 2 is 1.72 bits per heavy atom. The van der Waals surface area contributed by atoms with Crippen LogP contribution in [-0.2, 0) is 13.1 Å². The van der Waals surface area contributed by atoms with Gasteiger partial charge in [0.2, 0.25) is 0 Å². The lowest BCUT2D eigenvalue weighted by Crippen LogP contribution is -2.34. The van der Waals surface area contributed by atoms with Crippen LogP contribution in [0.15, 0.2) is 24.3 Å². The Balaban J connectivity index is 1.65. The normalized spacial score (nSPS) is 28.3. The predicted molar refractivity (Wildman–Crippen MR) is 75.1 cm³/mol. The van der Waals surface area contributed by atoms with Crippen LogP contribution in [-0.4, -0.2) is 17.5 Å². The summed E-state index contributed by atoms with van der Waals surface area (Å²) in [5.74, 6) is 0.988. The number of benzene rings is 1. The number of rotatable bonds is 3. The van der Waals surface area contributed by atoms with Gasteiger partial charge in [-0.25, -0.2) is 0 Å². The maximum absolute atomic E-state index is 5.64. The third-order valence-electron chi connectivity index (χ3n) is 4.77. The molecule has 2 unspecified atom stereocenters. The van der Waals surface area contributed by atoms with Crippen molar-refractivity contribution in [3.8, 4) is 0 Å². The lowest BCUT2D eigenvalue weighted by atomic mass is 9.85. The largest absolute Gasteiger partial charge is 0.326 e. The van der Waals surface area contributed by atoms with Crippen molar-refractivity contribution in [1.29, 1.82) is 0 Å². The average molecular weight is 244 g/mol. The van der Waals surface area contributed by atoms with Crippen LogP contribution in [0.4, 0.5) is 0 Å². The summed E-state index contributed by atoms with van der Waals surface area (Å²) < 4.78 is 0. The first-order chi connectivity index (χ1) is 8.86. The summed E-state index contributed by atoms with van der Waals surface area (Å²) in [5.41, 5.74) is 8.32. The van der Waals surface area contributed by atoms with Gasteiger partial charge in [0.15, 0.2) is 0 Å². The summed E-state index contributed by atoms with van der Waals surface area (Å²) in [6.07, 6.45) is 7.20. The maximum atomic E-state index is 5.64. The zero-order valence-corrected chi connectivity index (χ0v) is 11.1. The molecular weight excluding hydrogens is 220 g/mol. The highest BCUT2D eigenvalue weighted by Gasteiger charge is 2.35. The maximum Gasteiger partial charge on any atom is 0.0236 e. The fourth-order valence-corrected chi connectivity index (χ4v) is 3.71. The first-order valence-electron chi connectivity index (χ1n) is 7.39. The number of fused-ring (bicyclic) bond motifs is 1. The minimum atomic E-state index is 0.648. The molecule has 1 saturated heterocycles. The smallest absolute Gasteiger partial charge is 0.0236 e. The van der Waals surface area contributed by atoms with E-state index in [0.717, 1.165) is 18.5 Å². The van der Waals surface area contributed by atoms with Gasteiger partial charge < -0.3 is 5.73 Å². The number of hydrogen-bond acceptors (Lipinski definition) is 2. The molecule has 0 radical (unpaired) electrons. The zero-order chi connectivity index (χ0) is 12.4. The van der Waals surface area contributed by atoms with Crippen molar-refractivity contribution in [3.05, 3.63) is 35.4 Å². The van der Waals surface area contributed by atoms with E-state index >= 15 is 0 Å². The van der Waals surface area contributed by atoms with Gasteiger partial charge in [0.25, 0.3) is 0 Å². The molecule has 18 heavy (non-hydrogen) atoms. The van der Waals surface area contributed by atoms with Crippen molar-refractivity contribution in [1.82, 2.24) is 4.90 Å². The molecule has 2 aliphatic rings. The van der Waals surface area contributed by atoms with E-state index in [1.54, 1.807) is 0 Å². The second-order valence-electron chi connectivity index (χ2n) is 5.89. The molecule has 2 heteroatoms. The van der Waals surface area contributed by atoms with Crippen molar-refractivity contribution in [3.63, 3.8) is 0 Å². The molecule has 1 heterocycles. The molecule has 2 atom stereocenters. The van der Waals surface area contributed by atoms with E-state index in [1.807, 2.05) is 0 Å². The minimum Gasteiger partial charge on any atom is -0.326 e. The average Bonchev–Trinajstić information content (AvgIpc) is 2.83. The summed E-state index contributed by atoms with van der Waals surface area (Å²) >= 11 is 0. The van der Waals surface area contributed by atoms with Crippen molar-refractivity contribution in [2.24, 2.45) is 11.7 Å². The van der Waals surface area contributed by atoms with Gasteiger partial charge in [-0.1, -0.05) is 37.1 Å². The van der Waals surface area contributed by atoms with Gasteiger partial charge in [0.05, 0.1) is 0 Å². The van der Waals surface area contributed by atoms with Gasteiger partial charge in [0, 0.05) is 19.1 Å². The van der Waals surface area contributed by atoms with Crippen LogP contribution in [0.2, 0.25) is 0 Å². The van der Waals surface area contributed by atoms with Crippen LogP contribution in [0.25, 0.3) is 0 Å². The van der Waals surface area contributed by atoms with Gasteiger partial charge in [-0.15, -0.1) is 0 Å². The molecule has 98 valence electrons. The van der Waals surface area contributed by atoms with E-state index < -0.39 is 0 Å². The SMILES string of the molecule is NCc1ccc(CN2CCC3CCCCC32)cc1. The van der Waals surface area contributed by atoms with Gasteiger partial charge >= 0.3 is 0 Å². The molecule has 0 amide bonds. The summed E-state index contributed by atoms with van der Waals surface area (Å²) in [6.45, 7) is 3.08. The van der Waals surface area contributed by atoms with E-state index in [1.165, 1.54) is 49.8 Å². The summed E-state index contributed by atoms with van der Waals surface area (Å²) in [6, 6.07) is 9.71. The van der Waals surface area contributed by atoms with E-state index in [4.69, 9.17) is 5.73 Å². The summed E-state index contributed by atoms with van der Waals surface area (Å²) in [4.78, 5) is 2.71. The van der Waals surface area contributed by atoms with Crippen molar-refractivity contribution in [2.75, 3.05) is 6.54 Å². The Kier molecular flexibility index (Phi) is 3.67. The molecule has 1 aromatic carbocycles. The van der Waals surface area contributed by atoms with E-state index in [0.29, 0.717) is 6.54 Å². The van der Waals surface area contributed by atoms with E-state index in [9.17, 15) is 0 Å². The highest BCUT2D eigenvalue weighted by molar-refractivity contribution is 5.22. The van der Waals surface area contributed by atoms with Crippen LogP contribution < -0.4 is 5.73 Å². The topological polar surface area (TPSA) is 29.3 Å². The molecule has 2 N–H and O–H groups in total. The molecule has 0 aromatic heterocycles. The Labute approximate surface area is 110 Å². The van der Waals surface area contributed by atoms with Crippen molar-refractivity contribution in [2.45, 2.75) is 51.2 Å². The molecule has 1 aliphatic carbocycles. The molecule has 0 bridgehead atoms. The first-order valence-corrected chi connectivity index (χ1v) is 7.39. The van der Waals surface area contributed by atoms with Crippen LogP contribution in [0.3, 0.4) is 0 Å². The zero-order valence-electron chi connectivity index (χ0n) is 11.1. The predicted octanol–water partition coefficient (Wildman–Crippen LogP) is 2.91. The van der Waals surface area contributed by atoms with Crippen LogP contribution >= 0.6 is 0 Å². The Hall–Kier alpha value is -0.860. The van der Waals surface area contributed by atoms with Crippen molar-refractivity contribution >= 4 is 0 Å². The number of likely N-dealkylation sites (tertiary alicyclic amines) is 1. The third-order valence-corrected chi connectivity index (χ3v) is 4.77. The van der Waals surface area contributed by atoms with Crippen LogP contribution in [0.1, 0.15) is 43.2 Å². The molecule has 0 spiro atoms. The number of nitrogens with two attached hydrogens (primary N) is 1. The second kappa shape index (κ2) is 5.41. The van der Waals surface area contributed by atoms with Crippen LogP contribution in [0.5, 0.6) is 0 Å². The Morgan fingerprint density at radius 1 is 1.00 bits per heavy atom. The van der Waals surface area contributed by atoms with Gasteiger partial charge in [-0.3, -0.25) is 4.90 Å². The minimum absolute atomic E-state index is 0.648. The molecule has 1 saturated carbocycles. The fourth-order valence-electron chi connectivity index (χ4n) is 3.71. The lowest BCUT2D eigenvalue weighted by molar-refractivity contribution is 0.176. The van der Waals surface area contributed by atoms with Crippen molar-refractivity contribution < 1.29 is 0 Å². The van der Waals surface area contributed by atoms with Gasteiger partial charge in [0.1, 0.15) is 0 Å². The molecular formula is C16H24N2. The quantitative estimate of drug-likeness (QED) is 0.886. The Morgan fingerprint density at radius 3 is 2.50 bits per heavy atom. The standard InChI is InChI=1S/C16H24N2/c17-11-13-5-7-14(8-6-13)12-18-10-9-15-3-1-2-4-16(15)18/h5-8,15-16H,1-4,9-12,17H2. The molecule has 1 aromatic rings.